The molecule has 102 valence electrons. The largest absolute Gasteiger partial charge is 0.396 e. The predicted molar refractivity (Wildman–Crippen MR) is 73.7 cm³/mol. The molecule has 1 aromatic rings. The molecule has 2 unspecified atom stereocenters. The number of hydrogen-bond acceptors (Lipinski definition) is 2. The van der Waals surface area contributed by atoms with Crippen molar-refractivity contribution < 1.29 is 9.50 Å². The van der Waals surface area contributed by atoms with Crippen molar-refractivity contribution in [1.82, 2.24) is 5.32 Å². The number of aliphatic hydroxyl groups excluding tert-OH is 1. The van der Waals surface area contributed by atoms with Gasteiger partial charge < -0.3 is 10.4 Å². The van der Waals surface area contributed by atoms with Gasteiger partial charge in [-0.05, 0) is 43.5 Å². The third kappa shape index (κ3) is 4.39. The maximum atomic E-state index is 13.4. The van der Waals surface area contributed by atoms with Crippen LogP contribution in [-0.4, -0.2) is 18.3 Å². The fraction of sp³-hybridized carbons (Fsp3) is 0.538. The third-order valence-corrected chi connectivity index (χ3v) is 3.52. The quantitative estimate of drug-likeness (QED) is 0.782. The van der Waals surface area contributed by atoms with Crippen LogP contribution in [0.4, 0.5) is 4.39 Å². The Hall–Kier alpha value is -0.350. The SMILES string of the molecule is CC(CCO)CNC(C)c1cc(F)c(Cl)cc1Cl. The molecule has 0 fully saturated rings. The Labute approximate surface area is 117 Å². The molecular weight excluding hydrogens is 276 g/mol. The van der Waals surface area contributed by atoms with E-state index < -0.39 is 5.82 Å². The Morgan fingerprint density at radius 3 is 2.56 bits per heavy atom. The summed E-state index contributed by atoms with van der Waals surface area (Å²) in [5.74, 6) is -0.110. The van der Waals surface area contributed by atoms with Crippen LogP contribution in [0.2, 0.25) is 10.0 Å². The van der Waals surface area contributed by atoms with Gasteiger partial charge in [0.2, 0.25) is 0 Å². The molecule has 0 bridgehead atoms. The first-order valence-corrected chi connectivity index (χ1v) is 6.70. The van der Waals surface area contributed by atoms with Crippen molar-refractivity contribution in [2.45, 2.75) is 26.3 Å². The van der Waals surface area contributed by atoms with E-state index in [2.05, 4.69) is 5.32 Å². The van der Waals surface area contributed by atoms with Gasteiger partial charge in [-0.2, -0.15) is 0 Å². The van der Waals surface area contributed by atoms with Gasteiger partial charge >= 0.3 is 0 Å². The summed E-state index contributed by atoms with van der Waals surface area (Å²) in [4.78, 5) is 0. The van der Waals surface area contributed by atoms with E-state index in [0.717, 1.165) is 13.0 Å². The fourth-order valence-corrected chi connectivity index (χ4v) is 2.23. The Kier molecular flexibility index (Phi) is 6.36. The Morgan fingerprint density at radius 1 is 1.28 bits per heavy atom. The van der Waals surface area contributed by atoms with E-state index in [1.165, 1.54) is 12.1 Å². The molecule has 1 aromatic carbocycles. The second-order valence-corrected chi connectivity index (χ2v) is 5.35. The molecular formula is C13H18Cl2FNO. The van der Waals surface area contributed by atoms with Crippen molar-refractivity contribution in [2.75, 3.05) is 13.2 Å². The maximum absolute atomic E-state index is 13.4. The van der Waals surface area contributed by atoms with E-state index in [0.29, 0.717) is 16.5 Å². The molecule has 0 heterocycles. The normalized spacial score (nSPS) is 14.6. The zero-order valence-electron chi connectivity index (χ0n) is 10.5. The highest BCUT2D eigenvalue weighted by molar-refractivity contribution is 6.35. The van der Waals surface area contributed by atoms with Crippen LogP contribution in [0.25, 0.3) is 0 Å². The zero-order valence-corrected chi connectivity index (χ0v) is 12.0. The van der Waals surface area contributed by atoms with Crippen LogP contribution >= 0.6 is 23.2 Å². The summed E-state index contributed by atoms with van der Waals surface area (Å²) in [5.41, 5.74) is 0.690. The fourth-order valence-electron chi connectivity index (χ4n) is 1.68. The van der Waals surface area contributed by atoms with Gasteiger partial charge in [-0.3, -0.25) is 0 Å². The van der Waals surface area contributed by atoms with Crippen molar-refractivity contribution >= 4 is 23.2 Å². The molecule has 1 rings (SSSR count). The van der Waals surface area contributed by atoms with Crippen LogP contribution in [-0.2, 0) is 0 Å². The first-order chi connectivity index (χ1) is 8.45. The van der Waals surface area contributed by atoms with Crippen molar-refractivity contribution in [3.8, 4) is 0 Å². The molecule has 0 aliphatic rings. The van der Waals surface area contributed by atoms with Gasteiger partial charge in [0, 0.05) is 17.7 Å². The summed E-state index contributed by atoms with van der Waals surface area (Å²) in [6.45, 7) is 4.87. The van der Waals surface area contributed by atoms with E-state index in [1.54, 1.807) is 0 Å². The van der Waals surface area contributed by atoms with Crippen LogP contribution < -0.4 is 5.32 Å². The molecule has 0 saturated carbocycles. The van der Waals surface area contributed by atoms with E-state index in [4.69, 9.17) is 28.3 Å². The lowest BCUT2D eigenvalue weighted by Gasteiger charge is -2.19. The minimum absolute atomic E-state index is 0.0320. The summed E-state index contributed by atoms with van der Waals surface area (Å²) in [6, 6.07) is 2.72. The topological polar surface area (TPSA) is 32.3 Å². The van der Waals surface area contributed by atoms with Crippen LogP contribution in [0.3, 0.4) is 0 Å². The number of rotatable bonds is 6. The summed E-state index contributed by atoms with van der Waals surface area (Å²) < 4.78 is 13.4. The minimum atomic E-state index is -0.465. The summed E-state index contributed by atoms with van der Waals surface area (Å²) in [7, 11) is 0. The second-order valence-electron chi connectivity index (χ2n) is 4.54. The van der Waals surface area contributed by atoms with Crippen LogP contribution in [0, 0.1) is 11.7 Å². The standard InChI is InChI=1S/C13H18Cl2FNO/c1-8(3-4-18)7-17-9(2)10-5-13(16)12(15)6-11(10)14/h5-6,8-9,17-18H,3-4,7H2,1-2H3. The van der Waals surface area contributed by atoms with E-state index in [-0.39, 0.29) is 17.7 Å². The number of hydrogen-bond donors (Lipinski definition) is 2. The smallest absolute Gasteiger partial charge is 0.142 e. The van der Waals surface area contributed by atoms with Gasteiger partial charge in [0.15, 0.2) is 0 Å². The highest BCUT2D eigenvalue weighted by Gasteiger charge is 2.13. The van der Waals surface area contributed by atoms with Gasteiger partial charge in [-0.25, -0.2) is 4.39 Å². The molecule has 0 spiro atoms. The van der Waals surface area contributed by atoms with Crippen molar-refractivity contribution in [3.05, 3.63) is 33.6 Å². The Balaban J connectivity index is 2.66. The average molecular weight is 294 g/mol. The molecule has 0 saturated heterocycles. The molecule has 0 amide bonds. The summed E-state index contributed by atoms with van der Waals surface area (Å²) in [5, 5.41) is 12.6. The molecule has 0 radical (unpaired) electrons. The van der Waals surface area contributed by atoms with E-state index >= 15 is 0 Å². The summed E-state index contributed by atoms with van der Waals surface area (Å²) >= 11 is 11.7. The summed E-state index contributed by atoms with van der Waals surface area (Å²) in [6.07, 6.45) is 0.739. The van der Waals surface area contributed by atoms with Gasteiger partial charge in [0.05, 0.1) is 5.02 Å². The molecule has 18 heavy (non-hydrogen) atoms. The van der Waals surface area contributed by atoms with Gasteiger partial charge in [0.1, 0.15) is 5.82 Å². The molecule has 2 nitrogen and oxygen atoms in total. The Morgan fingerprint density at radius 2 is 1.94 bits per heavy atom. The third-order valence-electron chi connectivity index (χ3n) is 2.90. The number of benzene rings is 1. The Bertz CT molecular complexity index is 401. The highest BCUT2D eigenvalue weighted by atomic mass is 35.5. The minimum Gasteiger partial charge on any atom is -0.396 e. The average Bonchev–Trinajstić information content (AvgIpc) is 2.31. The van der Waals surface area contributed by atoms with Crippen molar-refractivity contribution in [1.29, 1.82) is 0 Å². The first kappa shape index (κ1) is 15.7. The number of nitrogens with one attached hydrogen (secondary N) is 1. The number of halogens is 3. The highest BCUT2D eigenvalue weighted by Crippen LogP contribution is 2.28. The van der Waals surface area contributed by atoms with Crippen LogP contribution in [0.5, 0.6) is 0 Å². The van der Waals surface area contributed by atoms with E-state index in [1.807, 2.05) is 13.8 Å². The first-order valence-electron chi connectivity index (χ1n) is 5.94. The molecule has 2 atom stereocenters. The molecule has 0 aliphatic carbocycles. The lowest BCUT2D eigenvalue weighted by atomic mass is 10.1. The molecule has 0 aromatic heterocycles. The predicted octanol–water partition coefficient (Wildman–Crippen LogP) is 3.80. The van der Waals surface area contributed by atoms with Gasteiger partial charge in [-0.1, -0.05) is 30.1 Å². The van der Waals surface area contributed by atoms with Crippen LogP contribution in [0.1, 0.15) is 31.9 Å². The lowest BCUT2D eigenvalue weighted by molar-refractivity contribution is 0.258. The maximum Gasteiger partial charge on any atom is 0.142 e. The van der Waals surface area contributed by atoms with E-state index in [9.17, 15) is 4.39 Å². The van der Waals surface area contributed by atoms with Crippen molar-refractivity contribution in [2.24, 2.45) is 5.92 Å². The lowest BCUT2D eigenvalue weighted by Crippen LogP contribution is -2.25. The number of aliphatic hydroxyl groups is 1. The molecule has 2 N–H and O–H groups in total. The molecule has 5 heteroatoms. The monoisotopic (exact) mass is 293 g/mol. The van der Waals surface area contributed by atoms with Gasteiger partial charge in [0.25, 0.3) is 0 Å². The molecule has 0 aliphatic heterocycles. The van der Waals surface area contributed by atoms with Gasteiger partial charge in [-0.15, -0.1) is 0 Å². The van der Waals surface area contributed by atoms with Crippen LogP contribution in [0.15, 0.2) is 12.1 Å². The zero-order chi connectivity index (χ0) is 13.7. The van der Waals surface area contributed by atoms with Crippen molar-refractivity contribution in [3.63, 3.8) is 0 Å². The second kappa shape index (κ2) is 7.29.